The van der Waals surface area contributed by atoms with Crippen LogP contribution in [0, 0.1) is 11.8 Å². The molecule has 1 aliphatic rings. The summed E-state index contributed by atoms with van der Waals surface area (Å²) in [6.45, 7) is 11.0. The van der Waals surface area contributed by atoms with Crippen LogP contribution in [0.5, 0.6) is 5.75 Å². The van der Waals surface area contributed by atoms with Crippen LogP contribution in [0.4, 0.5) is 5.69 Å². The average molecular weight is 311 g/mol. The van der Waals surface area contributed by atoms with Gasteiger partial charge in [0.2, 0.25) is 0 Å². The van der Waals surface area contributed by atoms with E-state index in [0.717, 1.165) is 29.5 Å². The van der Waals surface area contributed by atoms with Crippen molar-refractivity contribution < 1.29 is 4.74 Å². The minimum Gasteiger partial charge on any atom is -0.497 e. The van der Waals surface area contributed by atoms with Gasteiger partial charge in [0, 0.05) is 31.2 Å². The second-order valence-electron chi connectivity index (χ2n) is 6.54. The van der Waals surface area contributed by atoms with E-state index in [1.807, 2.05) is 12.1 Å². The summed E-state index contributed by atoms with van der Waals surface area (Å²) in [5.74, 6) is 2.02. The number of benzene rings is 1. The van der Waals surface area contributed by atoms with E-state index >= 15 is 0 Å². The molecule has 1 aromatic carbocycles. The molecular weight excluding hydrogens is 284 g/mol. The van der Waals surface area contributed by atoms with E-state index in [1.54, 1.807) is 7.11 Å². The average Bonchev–Trinajstić information content (AvgIpc) is 2.47. The molecule has 0 aliphatic carbocycles. The largest absolute Gasteiger partial charge is 0.497 e. The Balaban J connectivity index is 2.35. The van der Waals surface area contributed by atoms with Crippen molar-refractivity contribution in [2.45, 2.75) is 39.8 Å². The lowest BCUT2D eigenvalue weighted by atomic mass is 9.93. The fourth-order valence-corrected chi connectivity index (χ4v) is 3.18. The van der Waals surface area contributed by atoms with Crippen molar-refractivity contribution >= 4 is 17.3 Å². The molecule has 4 heteroatoms. The third-order valence-corrected chi connectivity index (χ3v) is 4.74. The van der Waals surface area contributed by atoms with Gasteiger partial charge in [0.05, 0.1) is 17.8 Å². The van der Waals surface area contributed by atoms with Crippen LogP contribution in [0.1, 0.15) is 27.7 Å². The molecule has 1 fully saturated rings. The Morgan fingerprint density at radius 3 is 2.52 bits per heavy atom. The van der Waals surface area contributed by atoms with Gasteiger partial charge >= 0.3 is 0 Å². The van der Waals surface area contributed by atoms with Crippen molar-refractivity contribution in [1.82, 2.24) is 5.32 Å². The highest BCUT2D eigenvalue weighted by atomic mass is 35.5. The Morgan fingerprint density at radius 1 is 1.24 bits per heavy atom. The lowest BCUT2D eigenvalue weighted by Gasteiger charge is -2.45. The zero-order chi connectivity index (χ0) is 15.6. The molecule has 3 nitrogen and oxygen atoms in total. The third-order valence-electron chi connectivity index (χ3n) is 4.42. The van der Waals surface area contributed by atoms with Gasteiger partial charge in [0.25, 0.3) is 0 Å². The van der Waals surface area contributed by atoms with Gasteiger partial charge in [-0.05, 0) is 24.0 Å². The number of methoxy groups -OCH3 is 1. The normalized spacial score (nSPS) is 23.0. The third kappa shape index (κ3) is 3.64. The van der Waals surface area contributed by atoms with Crippen LogP contribution >= 0.6 is 11.6 Å². The van der Waals surface area contributed by atoms with E-state index < -0.39 is 0 Å². The maximum absolute atomic E-state index is 6.47. The maximum Gasteiger partial charge on any atom is 0.121 e. The number of piperazine rings is 1. The summed E-state index contributed by atoms with van der Waals surface area (Å²) < 4.78 is 5.37. The topological polar surface area (TPSA) is 24.5 Å². The molecule has 0 amide bonds. The molecule has 1 saturated heterocycles. The number of halogens is 1. The number of hydrogen-bond acceptors (Lipinski definition) is 3. The first kappa shape index (κ1) is 16.4. The van der Waals surface area contributed by atoms with Gasteiger partial charge in [0.1, 0.15) is 5.75 Å². The van der Waals surface area contributed by atoms with Gasteiger partial charge < -0.3 is 15.0 Å². The van der Waals surface area contributed by atoms with Gasteiger partial charge in [-0.25, -0.2) is 0 Å². The molecule has 1 aliphatic heterocycles. The summed E-state index contributed by atoms with van der Waals surface area (Å²) in [6.07, 6.45) is 0. The molecule has 2 unspecified atom stereocenters. The van der Waals surface area contributed by atoms with Crippen LogP contribution in [-0.2, 0) is 0 Å². The van der Waals surface area contributed by atoms with Crippen LogP contribution in [0.2, 0.25) is 5.02 Å². The minimum atomic E-state index is 0.449. The van der Waals surface area contributed by atoms with Gasteiger partial charge in [0.15, 0.2) is 0 Å². The fraction of sp³-hybridized carbons (Fsp3) is 0.647. The number of ether oxygens (including phenoxy) is 1. The van der Waals surface area contributed by atoms with Gasteiger partial charge in [-0.2, -0.15) is 0 Å². The lowest BCUT2D eigenvalue weighted by molar-refractivity contribution is 0.295. The summed E-state index contributed by atoms with van der Waals surface area (Å²) in [4.78, 5) is 2.46. The second-order valence-corrected chi connectivity index (χ2v) is 6.95. The van der Waals surface area contributed by atoms with Crippen LogP contribution in [0.3, 0.4) is 0 Å². The molecule has 0 aromatic heterocycles. The van der Waals surface area contributed by atoms with Crippen molar-refractivity contribution in [2.24, 2.45) is 11.8 Å². The summed E-state index contributed by atoms with van der Waals surface area (Å²) in [5, 5.41) is 4.48. The van der Waals surface area contributed by atoms with Crippen molar-refractivity contribution in [3.05, 3.63) is 23.2 Å². The first-order valence-electron chi connectivity index (χ1n) is 7.77. The van der Waals surface area contributed by atoms with Crippen molar-refractivity contribution in [2.75, 3.05) is 25.1 Å². The molecule has 2 atom stereocenters. The Bertz CT molecular complexity index is 476. The highest BCUT2D eigenvalue weighted by Crippen LogP contribution is 2.34. The lowest BCUT2D eigenvalue weighted by Crippen LogP contribution is -2.60. The number of nitrogens with zero attached hydrogens (tertiary/aromatic N) is 1. The van der Waals surface area contributed by atoms with Gasteiger partial charge in [-0.1, -0.05) is 39.3 Å². The van der Waals surface area contributed by atoms with Crippen LogP contribution in [0.15, 0.2) is 18.2 Å². The highest BCUT2D eigenvalue weighted by Gasteiger charge is 2.32. The number of anilines is 1. The van der Waals surface area contributed by atoms with E-state index in [9.17, 15) is 0 Å². The van der Waals surface area contributed by atoms with Crippen LogP contribution < -0.4 is 15.0 Å². The summed E-state index contributed by atoms with van der Waals surface area (Å²) in [5.41, 5.74) is 1.09. The first-order chi connectivity index (χ1) is 9.93. The number of nitrogens with one attached hydrogen (secondary N) is 1. The molecule has 118 valence electrons. The van der Waals surface area contributed by atoms with Crippen molar-refractivity contribution in [3.63, 3.8) is 0 Å². The predicted octanol–water partition coefficient (Wildman–Crippen LogP) is 3.81. The Morgan fingerprint density at radius 2 is 1.95 bits per heavy atom. The Kier molecular flexibility index (Phi) is 5.39. The van der Waals surface area contributed by atoms with E-state index in [4.69, 9.17) is 16.3 Å². The monoisotopic (exact) mass is 310 g/mol. The highest BCUT2D eigenvalue weighted by molar-refractivity contribution is 6.33. The van der Waals surface area contributed by atoms with Crippen molar-refractivity contribution in [3.8, 4) is 5.75 Å². The molecule has 2 rings (SSSR count). The molecule has 1 heterocycles. The number of rotatable bonds is 4. The van der Waals surface area contributed by atoms with Gasteiger partial charge in [-0.15, -0.1) is 0 Å². The Labute approximate surface area is 133 Å². The van der Waals surface area contributed by atoms with Crippen LogP contribution in [0.25, 0.3) is 0 Å². The number of hydrogen-bond donors (Lipinski definition) is 1. The summed E-state index contributed by atoms with van der Waals surface area (Å²) in [6, 6.07) is 6.84. The van der Waals surface area contributed by atoms with Gasteiger partial charge in [-0.3, -0.25) is 0 Å². The SMILES string of the molecule is COc1ccc(Cl)c(N2CC(C(C)C)NCC2C(C)C)c1. The molecule has 0 spiro atoms. The Hall–Kier alpha value is -0.930. The van der Waals surface area contributed by atoms with Crippen molar-refractivity contribution in [1.29, 1.82) is 0 Å². The van der Waals surface area contributed by atoms with E-state index in [-0.39, 0.29) is 0 Å². The smallest absolute Gasteiger partial charge is 0.121 e. The van der Waals surface area contributed by atoms with E-state index in [2.05, 4.69) is 44.0 Å². The second kappa shape index (κ2) is 6.89. The zero-order valence-electron chi connectivity index (χ0n) is 13.7. The molecule has 0 bridgehead atoms. The standard InChI is InChI=1S/C17H27ClN2O/c1-11(2)15-10-20(17(9-19-15)12(3)4)16-8-13(21-5)6-7-14(16)18/h6-8,11-12,15,17,19H,9-10H2,1-5H3. The zero-order valence-corrected chi connectivity index (χ0v) is 14.4. The molecule has 21 heavy (non-hydrogen) atoms. The van der Waals surface area contributed by atoms with E-state index in [1.165, 1.54) is 0 Å². The quantitative estimate of drug-likeness (QED) is 0.915. The summed E-state index contributed by atoms with van der Waals surface area (Å²) >= 11 is 6.47. The molecular formula is C17H27ClN2O. The molecule has 0 saturated carbocycles. The van der Waals surface area contributed by atoms with E-state index in [0.29, 0.717) is 23.9 Å². The molecule has 0 radical (unpaired) electrons. The first-order valence-corrected chi connectivity index (χ1v) is 8.15. The minimum absolute atomic E-state index is 0.449. The van der Waals surface area contributed by atoms with Crippen LogP contribution in [-0.4, -0.2) is 32.3 Å². The fourth-order valence-electron chi connectivity index (χ4n) is 2.95. The molecule has 1 N–H and O–H groups in total. The molecule has 1 aromatic rings. The predicted molar refractivity (Wildman–Crippen MR) is 90.6 cm³/mol. The maximum atomic E-state index is 6.47. The summed E-state index contributed by atoms with van der Waals surface area (Å²) in [7, 11) is 1.70.